The molecule has 0 fully saturated rings. The Morgan fingerprint density at radius 3 is 2.63 bits per heavy atom. The maximum absolute atomic E-state index is 11.8. The lowest BCUT2D eigenvalue weighted by atomic mass is 10.1. The van der Waals surface area contributed by atoms with Gasteiger partial charge in [0.1, 0.15) is 10.9 Å². The summed E-state index contributed by atoms with van der Waals surface area (Å²) in [4.78, 5) is 34.0. The van der Waals surface area contributed by atoms with Crippen LogP contribution in [0, 0.1) is 6.92 Å². The van der Waals surface area contributed by atoms with Crippen molar-refractivity contribution in [3.8, 4) is 0 Å². The molecule has 2 N–H and O–H groups in total. The lowest BCUT2D eigenvalue weighted by Crippen LogP contribution is -2.41. The van der Waals surface area contributed by atoms with Crippen LogP contribution in [0.15, 0.2) is 0 Å². The summed E-state index contributed by atoms with van der Waals surface area (Å²) in [6.07, 6.45) is -0.132. The van der Waals surface area contributed by atoms with Crippen LogP contribution in [0.1, 0.15) is 28.2 Å². The molecule has 1 heterocycles. The van der Waals surface area contributed by atoms with E-state index in [4.69, 9.17) is 5.11 Å². The number of rotatable bonds is 6. The molecule has 0 bridgehead atoms. The van der Waals surface area contributed by atoms with Crippen LogP contribution in [0.25, 0.3) is 0 Å². The largest absolute Gasteiger partial charge is 0.480 e. The summed E-state index contributed by atoms with van der Waals surface area (Å²) in [5.74, 6) is -2.31. The van der Waals surface area contributed by atoms with E-state index in [2.05, 4.69) is 19.6 Å². The molecule has 0 aromatic carbocycles. The number of methoxy groups -OCH3 is 1. The first kappa shape index (κ1) is 15.0. The second-order valence-electron chi connectivity index (χ2n) is 3.67. The maximum atomic E-state index is 11.8. The number of hydrogen-bond acceptors (Lipinski definition) is 7. The van der Waals surface area contributed by atoms with E-state index >= 15 is 0 Å². The zero-order valence-corrected chi connectivity index (χ0v) is 11.2. The summed E-state index contributed by atoms with van der Waals surface area (Å²) in [6, 6.07) is -1.16. The SMILES string of the molecule is COC(=O)CCC(NC(=O)c1snnc1C)C(=O)O. The Hall–Kier alpha value is -2.03. The fourth-order valence-electron chi connectivity index (χ4n) is 1.29. The van der Waals surface area contributed by atoms with Gasteiger partial charge in [0, 0.05) is 6.42 Å². The quantitative estimate of drug-likeness (QED) is 0.706. The minimum Gasteiger partial charge on any atom is -0.480 e. The first-order valence-electron chi connectivity index (χ1n) is 5.35. The number of carbonyl (C=O) groups is 3. The third kappa shape index (κ3) is 4.28. The number of aryl methyl sites for hydroxylation is 1. The van der Waals surface area contributed by atoms with Crippen molar-refractivity contribution < 1.29 is 24.2 Å². The van der Waals surface area contributed by atoms with Gasteiger partial charge in [-0.2, -0.15) is 0 Å². The Labute approximate surface area is 112 Å². The number of nitrogens with zero attached hydrogens (tertiary/aromatic N) is 2. The lowest BCUT2D eigenvalue weighted by Gasteiger charge is -2.13. The molecule has 104 valence electrons. The van der Waals surface area contributed by atoms with Gasteiger partial charge < -0.3 is 15.2 Å². The highest BCUT2D eigenvalue weighted by atomic mass is 32.1. The molecule has 0 saturated heterocycles. The zero-order valence-electron chi connectivity index (χ0n) is 10.4. The molecule has 0 saturated carbocycles. The Morgan fingerprint density at radius 1 is 1.47 bits per heavy atom. The van der Waals surface area contributed by atoms with Crippen LogP contribution >= 0.6 is 11.5 Å². The minimum absolute atomic E-state index is 0.0426. The Morgan fingerprint density at radius 2 is 2.16 bits per heavy atom. The van der Waals surface area contributed by atoms with Crippen molar-refractivity contribution in [3.05, 3.63) is 10.6 Å². The van der Waals surface area contributed by atoms with Crippen molar-refractivity contribution in [2.45, 2.75) is 25.8 Å². The molecule has 19 heavy (non-hydrogen) atoms. The van der Waals surface area contributed by atoms with Crippen LogP contribution in [-0.2, 0) is 14.3 Å². The van der Waals surface area contributed by atoms with Gasteiger partial charge in [-0.3, -0.25) is 9.59 Å². The number of ether oxygens (including phenoxy) is 1. The predicted octanol–water partition coefficient (Wildman–Crippen LogP) is -0.0173. The van der Waals surface area contributed by atoms with Crippen molar-refractivity contribution in [1.29, 1.82) is 0 Å². The van der Waals surface area contributed by atoms with E-state index < -0.39 is 23.9 Å². The Kier molecular flexibility index (Phi) is 5.37. The minimum atomic E-state index is -1.22. The van der Waals surface area contributed by atoms with Crippen LogP contribution in [-0.4, -0.2) is 45.7 Å². The first-order chi connectivity index (χ1) is 8.95. The van der Waals surface area contributed by atoms with Crippen molar-refractivity contribution in [2.24, 2.45) is 0 Å². The van der Waals surface area contributed by atoms with Gasteiger partial charge in [0.2, 0.25) is 0 Å². The lowest BCUT2D eigenvalue weighted by molar-refractivity contribution is -0.142. The molecule has 1 amide bonds. The van der Waals surface area contributed by atoms with E-state index in [0.29, 0.717) is 5.69 Å². The van der Waals surface area contributed by atoms with Gasteiger partial charge >= 0.3 is 11.9 Å². The zero-order chi connectivity index (χ0) is 14.4. The maximum Gasteiger partial charge on any atom is 0.326 e. The summed E-state index contributed by atoms with van der Waals surface area (Å²) >= 11 is 0.883. The second kappa shape index (κ2) is 6.78. The number of carboxylic acids is 1. The number of amides is 1. The van der Waals surface area contributed by atoms with Crippen LogP contribution < -0.4 is 5.32 Å². The molecular formula is C10H13N3O5S. The number of hydrogen-bond donors (Lipinski definition) is 2. The molecule has 0 aliphatic rings. The van der Waals surface area contributed by atoms with Gasteiger partial charge in [-0.05, 0) is 24.9 Å². The highest BCUT2D eigenvalue weighted by Gasteiger charge is 2.23. The number of carboxylic acid groups (broad SMARTS) is 1. The highest BCUT2D eigenvalue weighted by molar-refractivity contribution is 7.08. The smallest absolute Gasteiger partial charge is 0.326 e. The van der Waals surface area contributed by atoms with Gasteiger partial charge in [0.05, 0.1) is 12.8 Å². The summed E-state index contributed by atoms with van der Waals surface area (Å²) in [7, 11) is 1.21. The van der Waals surface area contributed by atoms with Crippen molar-refractivity contribution in [1.82, 2.24) is 14.9 Å². The Balaban J connectivity index is 2.64. The molecule has 0 aliphatic carbocycles. The second-order valence-corrected chi connectivity index (χ2v) is 4.42. The number of aliphatic carboxylic acids is 1. The molecule has 0 radical (unpaired) electrons. The highest BCUT2D eigenvalue weighted by Crippen LogP contribution is 2.10. The normalized spacial score (nSPS) is 11.7. The van der Waals surface area contributed by atoms with Crippen LogP contribution in [0.3, 0.4) is 0 Å². The summed E-state index contributed by atoms with van der Waals surface area (Å²) in [6.45, 7) is 1.60. The fourth-order valence-corrected chi connectivity index (χ4v) is 1.84. The topological polar surface area (TPSA) is 118 Å². The van der Waals surface area contributed by atoms with E-state index in [1.54, 1.807) is 6.92 Å². The van der Waals surface area contributed by atoms with Crippen LogP contribution in [0.2, 0.25) is 0 Å². The summed E-state index contributed by atoms with van der Waals surface area (Å²) in [5, 5.41) is 15.0. The fraction of sp³-hybridized carbons (Fsp3) is 0.500. The molecule has 1 aromatic heterocycles. The number of carbonyl (C=O) groups excluding carboxylic acids is 2. The monoisotopic (exact) mass is 287 g/mol. The molecule has 8 nitrogen and oxygen atoms in total. The average molecular weight is 287 g/mol. The molecule has 0 spiro atoms. The van der Waals surface area contributed by atoms with Crippen LogP contribution in [0.4, 0.5) is 0 Å². The predicted molar refractivity (Wildman–Crippen MR) is 64.8 cm³/mol. The molecule has 0 aliphatic heterocycles. The van der Waals surface area contributed by atoms with E-state index in [9.17, 15) is 14.4 Å². The average Bonchev–Trinajstić information content (AvgIpc) is 2.79. The van der Waals surface area contributed by atoms with E-state index in [1.807, 2.05) is 0 Å². The number of esters is 1. The van der Waals surface area contributed by atoms with Gasteiger partial charge in [-0.1, -0.05) is 4.49 Å². The molecule has 9 heteroatoms. The summed E-state index contributed by atoms with van der Waals surface area (Å²) in [5.41, 5.74) is 0.430. The van der Waals surface area contributed by atoms with Crippen LogP contribution in [0.5, 0.6) is 0 Å². The third-order valence-electron chi connectivity index (χ3n) is 2.33. The Bertz CT molecular complexity index is 487. The summed E-state index contributed by atoms with van der Waals surface area (Å²) < 4.78 is 8.01. The first-order valence-corrected chi connectivity index (χ1v) is 6.12. The molecule has 1 rings (SSSR count). The molecule has 1 atom stereocenters. The van der Waals surface area contributed by atoms with Gasteiger partial charge in [-0.25, -0.2) is 4.79 Å². The van der Waals surface area contributed by atoms with E-state index in [0.717, 1.165) is 11.5 Å². The third-order valence-corrected chi connectivity index (χ3v) is 3.15. The van der Waals surface area contributed by atoms with Gasteiger partial charge in [-0.15, -0.1) is 5.10 Å². The standard InChI is InChI=1S/C10H13N3O5S/c1-5-8(19-13-12-5)9(15)11-6(10(16)17)3-4-7(14)18-2/h6H,3-4H2,1-2H3,(H,11,15)(H,16,17). The van der Waals surface area contributed by atoms with Crippen molar-refractivity contribution in [2.75, 3.05) is 7.11 Å². The van der Waals surface area contributed by atoms with Gasteiger partial charge in [0.25, 0.3) is 5.91 Å². The molecule has 1 unspecified atom stereocenters. The van der Waals surface area contributed by atoms with Gasteiger partial charge in [0.15, 0.2) is 0 Å². The number of aromatic nitrogens is 2. The molecule has 1 aromatic rings. The van der Waals surface area contributed by atoms with E-state index in [-0.39, 0.29) is 17.7 Å². The van der Waals surface area contributed by atoms with Crippen molar-refractivity contribution >= 4 is 29.4 Å². The molecular weight excluding hydrogens is 274 g/mol. The van der Waals surface area contributed by atoms with E-state index in [1.165, 1.54) is 7.11 Å². The van der Waals surface area contributed by atoms with Crippen molar-refractivity contribution in [3.63, 3.8) is 0 Å². The number of nitrogens with one attached hydrogen (secondary N) is 1.